The molecule has 0 aliphatic heterocycles. The van der Waals surface area contributed by atoms with Crippen molar-refractivity contribution >= 4 is 7.60 Å². The summed E-state index contributed by atoms with van der Waals surface area (Å²) in [6, 6.07) is 0. The molecule has 2 N–H and O–H groups in total. The van der Waals surface area contributed by atoms with Crippen LogP contribution >= 0.6 is 7.60 Å². The molecule has 0 spiro atoms. The first-order chi connectivity index (χ1) is 14.1. The standard InChI is InChI=1S/C24H52NO3P/c1-3-5-7-8-9-10-11-12-13-14-15-16-17-18-19-20-21-25-22-24-29(26,27)28-23-6-4-2/h25H,3-24H2,1-2H3,(H,26,27). The highest BCUT2D eigenvalue weighted by atomic mass is 31.2. The normalized spacial score (nSPS) is 13.6. The van der Waals surface area contributed by atoms with Crippen LogP contribution in [0.4, 0.5) is 0 Å². The summed E-state index contributed by atoms with van der Waals surface area (Å²) < 4.78 is 16.8. The molecule has 0 aromatic rings. The summed E-state index contributed by atoms with van der Waals surface area (Å²) in [5.41, 5.74) is 0. The molecule has 0 heterocycles. The van der Waals surface area contributed by atoms with Crippen molar-refractivity contribution in [1.29, 1.82) is 0 Å². The fourth-order valence-electron chi connectivity index (χ4n) is 3.56. The molecule has 0 saturated carbocycles. The molecule has 4 nitrogen and oxygen atoms in total. The first-order valence-corrected chi connectivity index (χ1v) is 14.6. The lowest BCUT2D eigenvalue weighted by Gasteiger charge is -2.12. The van der Waals surface area contributed by atoms with Crippen LogP contribution in [0.15, 0.2) is 0 Å². The number of hydrogen-bond donors (Lipinski definition) is 2. The van der Waals surface area contributed by atoms with Crippen molar-refractivity contribution in [2.24, 2.45) is 0 Å². The molecule has 0 bridgehead atoms. The van der Waals surface area contributed by atoms with Crippen molar-refractivity contribution in [2.75, 3.05) is 25.9 Å². The summed E-state index contributed by atoms with van der Waals surface area (Å²) in [6.07, 6.45) is 24.2. The molecule has 0 rings (SSSR count). The van der Waals surface area contributed by atoms with Crippen molar-refractivity contribution in [1.82, 2.24) is 5.32 Å². The van der Waals surface area contributed by atoms with E-state index in [-0.39, 0.29) is 6.16 Å². The van der Waals surface area contributed by atoms with Crippen molar-refractivity contribution in [3.63, 3.8) is 0 Å². The Hall–Kier alpha value is 0.110. The fraction of sp³-hybridized carbons (Fsp3) is 1.00. The van der Waals surface area contributed by atoms with Gasteiger partial charge in [0.15, 0.2) is 0 Å². The molecule has 0 fully saturated rings. The highest BCUT2D eigenvalue weighted by Crippen LogP contribution is 2.41. The van der Waals surface area contributed by atoms with E-state index in [9.17, 15) is 9.46 Å². The zero-order chi connectivity index (χ0) is 21.5. The summed E-state index contributed by atoms with van der Waals surface area (Å²) >= 11 is 0. The Morgan fingerprint density at radius 3 is 1.48 bits per heavy atom. The Morgan fingerprint density at radius 1 is 0.621 bits per heavy atom. The molecular weight excluding hydrogens is 381 g/mol. The van der Waals surface area contributed by atoms with Gasteiger partial charge >= 0.3 is 7.60 Å². The van der Waals surface area contributed by atoms with Gasteiger partial charge < -0.3 is 14.7 Å². The molecular formula is C24H52NO3P. The third kappa shape index (κ3) is 24.3. The van der Waals surface area contributed by atoms with Crippen LogP contribution in [0.3, 0.4) is 0 Å². The lowest BCUT2D eigenvalue weighted by atomic mass is 10.0. The predicted octanol–water partition coefficient (Wildman–Crippen LogP) is 7.84. The molecule has 176 valence electrons. The van der Waals surface area contributed by atoms with Gasteiger partial charge in [0.1, 0.15) is 0 Å². The molecule has 0 saturated heterocycles. The summed E-state index contributed by atoms with van der Waals surface area (Å²) in [4.78, 5) is 9.68. The lowest BCUT2D eigenvalue weighted by Crippen LogP contribution is -2.20. The third-order valence-corrected chi connectivity index (χ3v) is 6.94. The maximum absolute atomic E-state index is 11.8. The SMILES string of the molecule is CCCCCCCCCCCCCCCCCCNCCP(=O)(O)OCCCC. The second kappa shape index (κ2) is 22.8. The molecule has 0 aromatic heterocycles. The monoisotopic (exact) mass is 433 g/mol. The van der Waals surface area contributed by atoms with Crippen LogP contribution in [0.2, 0.25) is 0 Å². The largest absolute Gasteiger partial charge is 0.329 e. The van der Waals surface area contributed by atoms with E-state index < -0.39 is 7.60 Å². The molecule has 1 atom stereocenters. The summed E-state index contributed by atoms with van der Waals surface area (Å²) in [7, 11) is -3.38. The Bertz CT molecular complexity index is 366. The van der Waals surface area contributed by atoms with Gasteiger partial charge in [-0.2, -0.15) is 0 Å². The molecule has 29 heavy (non-hydrogen) atoms. The van der Waals surface area contributed by atoms with Crippen LogP contribution in [-0.2, 0) is 9.09 Å². The van der Waals surface area contributed by atoms with Crippen LogP contribution in [-0.4, -0.2) is 30.8 Å². The third-order valence-electron chi connectivity index (χ3n) is 5.57. The van der Waals surface area contributed by atoms with E-state index in [2.05, 4.69) is 12.2 Å². The fourth-order valence-corrected chi connectivity index (χ4v) is 4.54. The molecule has 5 heteroatoms. The van der Waals surface area contributed by atoms with Gasteiger partial charge in [0.05, 0.1) is 12.8 Å². The Balaban J connectivity index is 3.16. The van der Waals surface area contributed by atoms with E-state index >= 15 is 0 Å². The summed E-state index contributed by atoms with van der Waals surface area (Å²) in [6.45, 7) is 6.23. The van der Waals surface area contributed by atoms with Crippen LogP contribution in [0.1, 0.15) is 129 Å². The predicted molar refractivity (Wildman–Crippen MR) is 128 cm³/mol. The van der Waals surface area contributed by atoms with E-state index in [1.165, 1.54) is 96.3 Å². The highest BCUT2D eigenvalue weighted by molar-refractivity contribution is 7.52. The number of unbranched alkanes of at least 4 members (excludes halogenated alkanes) is 16. The minimum Gasteiger partial charge on any atom is -0.324 e. The molecule has 0 aromatic carbocycles. The number of nitrogens with one attached hydrogen (secondary N) is 1. The van der Waals surface area contributed by atoms with Gasteiger partial charge in [-0.15, -0.1) is 0 Å². The summed E-state index contributed by atoms with van der Waals surface area (Å²) in [5.74, 6) is 0. The molecule has 0 radical (unpaired) electrons. The quantitative estimate of drug-likeness (QED) is 0.120. The van der Waals surface area contributed by atoms with Crippen LogP contribution < -0.4 is 5.32 Å². The van der Waals surface area contributed by atoms with Gasteiger partial charge in [-0.05, 0) is 19.4 Å². The van der Waals surface area contributed by atoms with Crippen molar-refractivity contribution in [2.45, 2.75) is 129 Å². The van der Waals surface area contributed by atoms with E-state index in [1.807, 2.05) is 6.92 Å². The van der Waals surface area contributed by atoms with Crippen LogP contribution in [0.25, 0.3) is 0 Å². The maximum Gasteiger partial charge on any atom is 0.329 e. The zero-order valence-electron chi connectivity index (χ0n) is 19.8. The maximum atomic E-state index is 11.8. The van der Waals surface area contributed by atoms with Gasteiger partial charge in [0, 0.05) is 6.54 Å². The van der Waals surface area contributed by atoms with Gasteiger partial charge in [-0.3, -0.25) is 4.57 Å². The van der Waals surface area contributed by atoms with Gasteiger partial charge in [0.25, 0.3) is 0 Å². The Morgan fingerprint density at radius 2 is 1.03 bits per heavy atom. The Kier molecular flexibility index (Phi) is 22.9. The van der Waals surface area contributed by atoms with Gasteiger partial charge in [0.2, 0.25) is 0 Å². The van der Waals surface area contributed by atoms with Crippen LogP contribution in [0, 0.1) is 0 Å². The Labute approximate surface area is 182 Å². The lowest BCUT2D eigenvalue weighted by molar-refractivity contribution is 0.255. The van der Waals surface area contributed by atoms with Gasteiger partial charge in [-0.25, -0.2) is 0 Å². The minimum absolute atomic E-state index is 0.218. The molecule has 0 aliphatic rings. The van der Waals surface area contributed by atoms with E-state index in [1.54, 1.807) is 0 Å². The average Bonchev–Trinajstić information content (AvgIpc) is 2.70. The summed E-state index contributed by atoms with van der Waals surface area (Å²) in [5, 5.41) is 3.27. The van der Waals surface area contributed by atoms with E-state index in [0.29, 0.717) is 13.2 Å². The minimum atomic E-state index is -3.38. The van der Waals surface area contributed by atoms with E-state index in [4.69, 9.17) is 4.52 Å². The molecule has 1 unspecified atom stereocenters. The second-order valence-corrected chi connectivity index (χ2v) is 10.6. The number of hydrogen-bond acceptors (Lipinski definition) is 3. The zero-order valence-corrected chi connectivity index (χ0v) is 20.7. The first-order valence-electron chi connectivity index (χ1n) is 12.8. The first kappa shape index (κ1) is 29.1. The molecule has 0 aliphatic carbocycles. The second-order valence-electron chi connectivity index (χ2n) is 8.60. The van der Waals surface area contributed by atoms with Crippen LogP contribution in [0.5, 0.6) is 0 Å². The highest BCUT2D eigenvalue weighted by Gasteiger charge is 2.17. The van der Waals surface area contributed by atoms with Gasteiger partial charge in [-0.1, -0.05) is 117 Å². The van der Waals surface area contributed by atoms with Crippen molar-refractivity contribution in [3.8, 4) is 0 Å². The average molecular weight is 434 g/mol. The van der Waals surface area contributed by atoms with Crippen molar-refractivity contribution < 1.29 is 14.0 Å². The van der Waals surface area contributed by atoms with Crippen molar-refractivity contribution in [3.05, 3.63) is 0 Å². The molecule has 0 amide bonds. The number of rotatable bonds is 24. The van der Waals surface area contributed by atoms with E-state index in [0.717, 1.165) is 25.8 Å². The smallest absolute Gasteiger partial charge is 0.324 e. The topological polar surface area (TPSA) is 58.6 Å².